The minimum atomic E-state index is -0.459. The zero-order valence-electron chi connectivity index (χ0n) is 17.7. The highest BCUT2D eigenvalue weighted by Gasteiger charge is 2.27. The van der Waals surface area contributed by atoms with Crippen molar-refractivity contribution in [1.29, 1.82) is 0 Å². The largest absolute Gasteiger partial charge is 0.490 e. The van der Waals surface area contributed by atoms with E-state index in [4.69, 9.17) is 15.2 Å². The van der Waals surface area contributed by atoms with Crippen LogP contribution >= 0.6 is 0 Å². The van der Waals surface area contributed by atoms with Gasteiger partial charge in [-0.2, -0.15) is 0 Å². The molecule has 0 aromatic heterocycles. The lowest BCUT2D eigenvalue weighted by Gasteiger charge is -2.33. The van der Waals surface area contributed by atoms with Crippen molar-refractivity contribution in [3.05, 3.63) is 59.7 Å². The van der Waals surface area contributed by atoms with Gasteiger partial charge in [-0.3, -0.25) is 0 Å². The predicted octanol–water partition coefficient (Wildman–Crippen LogP) is 4.83. The monoisotopic (exact) mass is 396 g/mol. The van der Waals surface area contributed by atoms with Crippen LogP contribution in [0.1, 0.15) is 44.7 Å². The maximum absolute atomic E-state index is 12.2. The number of carbonyl (C=O) groups is 1. The molecule has 1 aliphatic heterocycles. The van der Waals surface area contributed by atoms with Crippen molar-refractivity contribution in [2.24, 2.45) is 0 Å². The second-order valence-corrected chi connectivity index (χ2v) is 8.67. The van der Waals surface area contributed by atoms with Crippen molar-refractivity contribution < 1.29 is 14.3 Å². The van der Waals surface area contributed by atoms with Crippen molar-refractivity contribution in [3.63, 3.8) is 0 Å². The topological polar surface area (TPSA) is 64.8 Å². The maximum Gasteiger partial charge on any atom is 0.410 e. The SMILES string of the molecule is CC(C)(C)OC(=O)N1CCC(Oc2ccc(CCc3cccc(N)c3)cc2)CC1. The Morgan fingerprint density at radius 2 is 1.69 bits per heavy atom. The lowest BCUT2D eigenvalue weighted by atomic mass is 10.0. The molecule has 1 fully saturated rings. The molecule has 0 spiro atoms. The first-order valence-electron chi connectivity index (χ1n) is 10.4. The summed E-state index contributed by atoms with van der Waals surface area (Å²) < 4.78 is 11.6. The molecule has 1 aliphatic rings. The number of benzene rings is 2. The van der Waals surface area contributed by atoms with E-state index in [1.165, 1.54) is 11.1 Å². The van der Waals surface area contributed by atoms with Crippen molar-refractivity contribution >= 4 is 11.8 Å². The summed E-state index contributed by atoms with van der Waals surface area (Å²) in [5.74, 6) is 0.883. The van der Waals surface area contributed by atoms with Crippen LogP contribution in [0.3, 0.4) is 0 Å². The molecule has 0 radical (unpaired) electrons. The van der Waals surface area contributed by atoms with E-state index in [2.05, 4.69) is 18.2 Å². The molecule has 3 rings (SSSR count). The van der Waals surface area contributed by atoms with Gasteiger partial charge in [0.05, 0.1) is 0 Å². The molecule has 1 saturated heterocycles. The molecule has 0 saturated carbocycles. The summed E-state index contributed by atoms with van der Waals surface area (Å²) in [7, 11) is 0. The zero-order chi connectivity index (χ0) is 20.9. The van der Waals surface area contributed by atoms with Gasteiger partial charge < -0.3 is 20.1 Å². The van der Waals surface area contributed by atoms with E-state index in [1.807, 2.05) is 51.1 Å². The van der Waals surface area contributed by atoms with Crippen molar-refractivity contribution in [1.82, 2.24) is 4.90 Å². The van der Waals surface area contributed by atoms with Crippen LogP contribution in [0.25, 0.3) is 0 Å². The van der Waals surface area contributed by atoms with Gasteiger partial charge in [0.2, 0.25) is 0 Å². The fourth-order valence-electron chi connectivity index (χ4n) is 3.45. The molecule has 2 aromatic rings. The van der Waals surface area contributed by atoms with Crippen LogP contribution < -0.4 is 10.5 Å². The van der Waals surface area contributed by atoms with E-state index in [1.54, 1.807) is 4.90 Å². The molecule has 0 bridgehead atoms. The number of piperidine rings is 1. The standard InChI is InChI=1S/C24H32N2O3/c1-24(2,3)29-23(27)26-15-13-22(14-16-26)28-21-11-9-18(10-12-21)7-8-19-5-4-6-20(25)17-19/h4-6,9-12,17,22H,7-8,13-16,25H2,1-3H3. The number of ether oxygens (including phenoxy) is 2. The quantitative estimate of drug-likeness (QED) is 0.735. The highest BCUT2D eigenvalue weighted by Crippen LogP contribution is 2.21. The Morgan fingerprint density at radius 1 is 1.03 bits per heavy atom. The molecule has 0 unspecified atom stereocenters. The van der Waals surface area contributed by atoms with Crippen LogP contribution in [0.5, 0.6) is 5.75 Å². The highest BCUT2D eigenvalue weighted by molar-refractivity contribution is 5.68. The summed E-state index contributed by atoms with van der Waals surface area (Å²) >= 11 is 0. The highest BCUT2D eigenvalue weighted by atomic mass is 16.6. The molecule has 1 amide bonds. The van der Waals surface area contributed by atoms with Crippen molar-refractivity contribution in [2.75, 3.05) is 18.8 Å². The first-order chi connectivity index (χ1) is 13.8. The summed E-state index contributed by atoms with van der Waals surface area (Å²) in [6.45, 7) is 6.99. The third-order valence-electron chi connectivity index (χ3n) is 4.97. The Balaban J connectivity index is 1.44. The summed E-state index contributed by atoms with van der Waals surface area (Å²) in [6, 6.07) is 16.4. The molecule has 0 atom stereocenters. The van der Waals surface area contributed by atoms with Crippen molar-refractivity contribution in [3.8, 4) is 5.75 Å². The first-order valence-corrected chi connectivity index (χ1v) is 10.4. The van der Waals surface area contributed by atoms with Crippen LogP contribution in [0, 0.1) is 0 Å². The van der Waals surface area contributed by atoms with Crippen LogP contribution in [-0.2, 0) is 17.6 Å². The van der Waals surface area contributed by atoms with Gasteiger partial charge in [0.25, 0.3) is 0 Å². The van der Waals surface area contributed by atoms with Gasteiger partial charge >= 0.3 is 6.09 Å². The number of carbonyl (C=O) groups excluding carboxylic acids is 1. The second kappa shape index (κ2) is 9.21. The number of nitrogen functional groups attached to an aromatic ring is 1. The number of rotatable bonds is 5. The predicted molar refractivity (Wildman–Crippen MR) is 116 cm³/mol. The number of hydrogen-bond donors (Lipinski definition) is 1. The normalized spacial score (nSPS) is 15.2. The minimum Gasteiger partial charge on any atom is -0.490 e. The smallest absolute Gasteiger partial charge is 0.410 e. The number of hydrogen-bond acceptors (Lipinski definition) is 4. The average Bonchev–Trinajstić information content (AvgIpc) is 2.67. The molecule has 29 heavy (non-hydrogen) atoms. The fraction of sp³-hybridized carbons (Fsp3) is 0.458. The van der Waals surface area contributed by atoms with E-state index in [0.29, 0.717) is 13.1 Å². The first kappa shape index (κ1) is 21.0. The van der Waals surface area contributed by atoms with Crippen LogP contribution in [0.15, 0.2) is 48.5 Å². The summed E-state index contributed by atoms with van der Waals surface area (Å²) in [5.41, 5.74) is 8.72. The van der Waals surface area contributed by atoms with Gasteiger partial charge in [0.1, 0.15) is 17.5 Å². The Bertz CT molecular complexity index is 804. The third kappa shape index (κ3) is 6.70. The third-order valence-corrected chi connectivity index (χ3v) is 4.97. The van der Waals surface area contributed by atoms with Gasteiger partial charge in [-0.25, -0.2) is 4.79 Å². The molecule has 5 heteroatoms. The second-order valence-electron chi connectivity index (χ2n) is 8.67. The molecule has 156 valence electrons. The van der Waals surface area contributed by atoms with E-state index < -0.39 is 5.60 Å². The average molecular weight is 397 g/mol. The molecular weight excluding hydrogens is 364 g/mol. The summed E-state index contributed by atoms with van der Waals surface area (Å²) in [4.78, 5) is 13.9. The molecule has 5 nitrogen and oxygen atoms in total. The van der Waals surface area contributed by atoms with Gasteiger partial charge in [-0.1, -0.05) is 24.3 Å². The number of likely N-dealkylation sites (tertiary alicyclic amines) is 1. The van der Waals surface area contributed by atoms with E-state index >= 15 is 0 Å². The Labute approximate surface area is 173 Å². The number of amides is 1. The fourth-order valence-corrected chi connectivity index (χ4v) is 3.45. The molecule has 2 aromatic carbocycles. The summed E-state index contributed by atoms with van der Waals surface area (Å²) in [6.07, 6.45) is 3.46. The van der Waals surface area contributed by atoms with Crippen LogP contribution in [-0.4, -0.2) is 35.8 Å². The van der Waals surface area contributed by atoms with E-state index in [-0.39, 0.29) is 12.2 Å². The minimum absolute atomic E-state index is 0.131. The zero-order valence-corrected chi connectivity index (χ0v) is 17.7. The number of nitrogens with zero attached hydrogens (tertiary/aromatic N) is 1. The van der Waals surface area contributed by atoms with Gasteiger partial charge in [-0.15, -0.1) is 0 Å². The molecular formula is C24H32N2O3. The lowest BCUT2D eigenvalue weighted by molar-refractivity contribution is 0.0126. The van der Waals surface area contributed by atoms with Gasteiger partial charge in [0.15, 0.2) is 0 Å². The molecule has 1 heterocycles. The van der Waals surface area contributed by atoms with E-state index in [9.17, 15) is 4.79 Å². The molecule has 0 aliphatic carbocycles. The van der Waals surface area contributed by atoms with Crippen LogP contribution in [0.2, 0.25) is 0 Å². The molecule has 2 N–H and O–H groups in total. The Kier molecular flexibility index (Phi) is 6.68. The lowest BCUT2D eigenvalue weighted by Crippen LogP contribution is -2.44. The number of aryl methyl sites for hydroxylation is 2. The maximum atomic E-state index is 12.2. The van der Waals surface area contributed by atoms with Crippen molar-refractivity contribution in [2.45, 2.75) is 58.2 Å². The summed E-state index contributed by atoms with van der Waals surface area (Å²) in [5, 5.41) is 0. The number of anilines is 1. The van der Waals surface area contributed by atoms with Gasteiger partial charge in [0, 0.05) is 31.6 Å². The Hall–Kier alpha value is -2.69. The van der Waals surface area contributed by atoms with Gasteiger partial charge in [-0.05, 0) is 69.0 Å². The number of nitrogens with two attached hydrogens (primary N) is 1. The van der Waals surface area contributed by atoms with Crippen LogP contribution in [0.4, 0.5) is 10.5 Å². The van der Waals surface area contributed by atoms with E-state index in [0.717, 1.165) is 37.1 Å². The Morgan fingerprint density at radius 3 is 2.31 bits per heavy atom.